The summed E-state index contributed by atoms with van der Waals surface area (Å²) in [6.45, 7) is 6.06. The minimum atomic E-state index is -0.267. The fourth-order valence-corrected chi connectivity index (χ4v) is 1.91. The molecule has 1 aromatic carbocycles. The molecule has 0 aliphatic carbocycles. The fraction of sp³-hybridized carbons (Fsp3) is 0.333. The first kappa shape index (κ1) is 13.3. The van der Waals surface area contributed by atoms with Gasteiger partial charge in [0, 0.05) is 11.8 Å². The Hall–Kier alpha value is -2.10. The van der Waals surface area contributed by atoms with E-state index in [1.54, 1.807) is 13.0 Å². The molecule has 0 fully saturated rings. The van der Waals surface area contributed by atoms with Crippen LogP contribution in [0.15, 0.2) is 34.9 Å². The van der Waals surface area contributed by atoms with Crippen molar-refractivity contribution >= 4 is 11.6 Å². The first-order valence-corrected chi connectivity index (χ1v) is 6.45. The van der Waals surface area contributed by atoms with Crippen LogP contribution in [0, 0.1) is 6.92 Å². The molecule has 0 spiro atoms. The van der Waals surface area contributed by atoms with Gasteiger partial charge in [0.05, 0.1) is 5.69 Å². The quantitative estimate of drug-likeness (QED) is 0.908. The van der Waals surface area contributed by atoms with Gasteiger partial charge < -0.3 is 9.84 Å². The number of aromatic nitrogens is 1. The SMILES string of the molecule is CC[C@@H](C)c1ccccc1NC(=O)c1cc(C)no1. The van der Waals surface area contributed by atoms with Crippen LogP contribution in [0.1, 0.15) is 48.0 Å². The first-order chi connectivity index (χ1) is 9.11. The molecule has 2 aromatic rings. The summed E-state index contributed by atoms with van der Waals surface area (Å²) in [7, 11) is 0. The molecule has 0 saturated heterocycles. The number of amides is 1. The van der Waals surface area contributed by atoms with E-state index < -0.39 is 0 Å². The van der Waals surface area contributed by atoms with Crippen LogP contribution >= 0.6 is 0 Å². The van der Waals surface area contributed by atoms with Gasteiger partial charge in [-0.2, -0.15) is 0 Å². The summed E-state index contributed by atoms with van der Waals surface area (Å²) in [5, 5.41) is 6.60. The van der Waals surface area contributed by atoms with Gasteiger partial charge in [-0.05, 0) is 30.9 Å². The lowest BCUT2D eigenvalue weighted by atomic mass is 9.97. The number of nitrogens with zero attached hydrogens (tertiary/aromatic N) is 1. The molecular formula is C15H18N2O2. The smallest absolute Gasteiger partial charge is 0.294 e. The van der Waals surface area contributed by atoms with Gasteiger partial charge in [-0.3, -0.25) is 4.79 Å². The van der Waals surface area contributed by atoms with Crippen molar-refractivity contribution in [2.75, 3.05) is 5.32 Å². The first-order valence-electron chi connectivity index (χ1n) is 6.45. The molecule has 2 rings (SSSR count). The van der Waals surface area contributed by atoms with Crippen molar-refractivity contribution in [3.05, 3.63) is 47.3 Å². The Morgan fingerprint density at radius 1 is 1.42 bits per heavy atom. The topological polar surface area (TPSA) is 55.1 Å². The Morgan fingerprint density at radius 3 is 2.79 bits per heavy atom. The van der Waals surface area contributed by atoms with E-state index in [1.807, 2.05) is 24.3 Å². The minimum absolute atomic E-state index is 0.233. The lowest BCUT2D eigenvalue weighted by molar-refractivity contribution is 0.0987. The zero-order valence-corrected chi connectivity index (χ0v) is 11.4. The number of nitrogens with one attached hydrogen (secondary N) is 1. The summed E-state index contributed by atoms with van der Waals surface area (Å²) in [5.41, 5.74) is 2.66. The molecule has 0 radical (unpaired) electrons. The van der Waals surface area contributed by atoms with Crippen LogP contribution in [0.25, 0.3) is 0 Å². The molecule has 0 unspecified atom stereocenters. The standard InChI is InChI=1S/C15H18N2O2/c1-4-10(2)12-7-5-6-8-13(12)16-15(18)14-9-11(3)17-19-14/h5-10H,4H2,1-3H3,(H,16,18)/t10-/m1/s1. The van der Waals surface area contributed by atoms with Crippen molar-refractivity contribution in [2.45, 2.75) is 33.1 Å². The number of hydrogen-bond donors (Lipinski definition) is 1. The minimum Gasteiger partial charge on any atom is -0.351 e. The second-order valence-corrected chi connectivity index (χ2v) is 4.68. The van der Waals surface area contributed by atoms with Gasteiger partial charge in [0.1, 0.15) is 0 Å². The number of aryl methyl sites for hydroxylation is 1. The number of para-hydroxylation sites is 1. The fourth-order valence-electron chi connectivity index (χ4n) is 1.91. The van der Waals surface area contributed by atoms with E-state index in [0.29, 0.717) is 11.6 Å². The van der Waals surface area contributed by atoms with Crippen molar-refractivity contribution in [3.63, 3.8) is 0 Å². The van der Waals surface area contributed by atoms with Gasteiger partial charge in [-0.1, -0.05) is 37.2 Å². The number of benzene rings is 1. The van der Waals surface area contributed by atoms with Crippen molar-refractivity contribution in [3.8, 4) is 0 Å². The molecule has 0 saturated carbocycles. The summed E-state index contributed by atoms with van der Waals surface area (Å²) in [4.78, 5) is 12.0. The Bertz CT molecular complexity index is 575. The van der Waals surface area contributed by atoms with Crippen LogP contribution in [0.5, 0.6) is 0 Å². The molecule has 1 N–H and O–H groups in total. The second kappa shape index (κ2) is 5.69. The van der Waals surface area contributed by atoms with E-state index in [-0.39, 0.29) is 11.7 Å². The van der Waals surface area contributed by atoms with Crippen molar-refractivity contribution in [1.29, 1.82) is 0 Å². The highest BCUT2D eigenvalue weighted by Crippen LogP contribution is 2.26. The predicted octanol–water partition coefficient (Wildman–Crippen LogP) is 3.75. The summed E-state index contributed by atoms with van der Waals surface area (Å²) in [6, 6.07) is 9.46. The summed E-state index contributed by atoms with van der Waals surface area (Å²) >= 11 is 0. The highest BCUT2D eigenvalue weighted by molar-refractivity contribution is 6.02. The van der Waals surface area contributed by atoms with Gasteiger partial charge in [0.15, 0.2) is 0 Å². The molecule has 1 atom stereocenters. The molecule has 0 aliphatic rings. The molecule has 1 aromatic heterocycles. The maximum absolute atomic E-state index is 12.0. The summed E-state index contributed by atoms with van der Waals surface area (Å²) in [6.07, 6.45) is 1.02. The lowest BCUT2D eigenvalue weighted by Gasteiger charge is -2.14. The number of rotatable bonds is 4. The van der Waals surface area contributed by atoms with Gasteiger partial charge >= 0.3 is 0 Å². The van der Waals surface area contributed by atoms with Crippen LogP contribution in [0.2, 0.25) is 0 Å². The Balaban J connectivity index is 2.21. The third-order valence-corrected chi connectivity index (χ3v) is 3.20. The van der Waals surface area contributed by atoms with E-state index in [2.05, 4.69) is 24.3 Å². The molecular weight excluding hydrogens is 240 g/mol. The average Bonchev–Trinajstić information content (AvgIpc) is 2.85. The van der Waals surface area contributed by atoms with E-state index in [0.717, 1.165) is 17.7 Å². The average molecular weight is 258 g/mol. The number of carbonyl (C=O) groups excluding carboxylic acids is 1. The molecule has 19 heavy (non-hydrogen) atoms. The third-order valence-electron chi connectivity index (χ3n) is 3.20. The predicted molar refractivity (Wildman–Crippen MR) is 74.3 cm³/mol. The van der Waals surface area contributed by atoms with Crippen LogP contribution in [0.4, 0.5) is 5.69 Å². The highest BCUT2D eigenvalue weighted by atomic mass is 16.5. The largest absolute Gasteiger partial charge is 0.351 e. The van der Waals surface area contributed by atoms with E-state index in [4.69, 9.17) is 4.52 Å². The van der Waals surface area contributed by atoms with E-state index in [9.17, 15) is 4.79 Å². The third kappa shape index (κ3) is 3.02. The Kier molecular flexibility index (Phi) is 4.00. The molecule has 4 heteroatoms. The highest BCUT2D eigenvalue weighted by Gasteiger charge is 2.15. The maximum Gasteiger partial charge on any atom is 0.294 e. The summed E-state index contributed by atoms with van der Waals surface area (Å²) in [5.74, 6) is 0.362. The summed E-state index contributed by atoms with van der Waals surface area (Å²) < 4.78 is 4.96. The van der Waals surface area contributed by atoms with E-state index >= 15 is 0 Å². The number of carbonyl (C=O) groups is 1. The molecule has 0 aliphatic heterocycles. The monoisotopic (exact) mass is 258 g/mol. The second-order valence-electron chi connectivity index (χ2n) is 4.68. The lowest BCUT2D eigenvalue weighted by Crippen LogP contribution is -2.13. The molecule has 1 amide bonds. The van der Waals surface area contributed by atoms with Crippen molar-refractivity contribution < 1.29 is 9.32 Å². The molecule has 0 bridgehead atoms. The zero-order chi connectivity index (χ0) is 13.8. The van der Waals surface area contributed by atoms with Crippen LogP contribution in [-0.4, -0.2) is 11.1 Å². The van der Waals surface area contributed by atoms with Crippen molar-refractivity contribution in [2.24, 2.45) is 0 Å². The van der Waals surface area contributed by atoms with Gasteiger partial charge in [-0.15, -0.1) is 0 Å². The molecule has 4 nitrogen and oxygen atoms in total. The number of hydrogen-bond acceptors (Lipinski definition) is 3. The van der Waals surface area contributed by atoms with Crippen LogP contribution in [-0.2, 0) is 0 Å². The normalized spacial score (nSPS) is 12.2. The Labute approximate surface area is 112 Å². The Morgan fingerprint density at radius 2 is 2.16 bits per heavy atom. The van der Waals surface area contributed by atoms with Crippen LogP contribution in [0.3, 0.4) is 0 Å². The molecule has 1 heterocycles. The molecule has 100 valence electrons. The zero-order valence-electron chi connectivity index (χ0n) is 11.4. The van der Waals surface area contributed by atoms with Gasteiger partial charge in [0.2, 0.25) is 5.76 Å². The maximum atomic E-state index is 12.0. The van der Waals surface area contributed by atoms with Gasteiger partial charge in [0.25, 0.3) is 5.91 Å². The number of anilines is 1. The van der Waals surface area contributed by atoms with Crippen molar-refractivity contribution in [1.82, 2.24) is 5.16 Å². The van der Waals surface area contributed by atoms with E-state index in [1.165, 1.54) is 0 Å². The van der Waals surface area contributed by atoms with Gasteiger partial charge in [-0.25, -0.2) is 0 Å². The van der Waals surface area contributed by atoms with Crippen LogP contribution < -0.4 is 5.32 Å².